The maximum absolute atomic E-state index is 5.33. The van der Waals surface area contributed by atoms with E-state index in [4.69, 9.17) is 4.98 Å². The summed E-state index contributed by atoms with van der Waals surface area (Å²) in [4.78, 5) is 5.33. The molecular weight excluding hydrogens is 504 g/mol. The fourth-order valence-electron chi connectivity index (χ4n) is 7.72. The number of aromatic nitrogens is 2. The van der Waals surface area contributed by atoms with Crippen LogP contribution in [0.5, 0.6) is 0 Å². The zero-order chi connectivity index (χ0) is 26.5. The molecule has 2 aliphatic carbocycles. The van der Waals surface area contributed by atoms with Gasteiger partial charge in [0.05, 0.1) is 16.7 Å². The number of benzene rings is 4. The van der Waals surface area contributed by atoms with Crippen molar-refractivity contribution in [2.75, 3.05) is 0 Å². The van der Waals surface area contributed by atoms with E-state index in [2.05, 4.69) is 89.5 Å². The first kappa shape index (κ1) is 24.4. The highest BCUT2D eigenvalue weighted by atomic mass is 32.1. The third-order valence-corrected chi connectivity index (χ3v) is 10.7. The first-order valence-corrected chi connectivity index (χ1v) is 16.2. The second kappa shape index (κ2) is 10.2. The summed E-state index contributed by atoms with van der Waals surface area (Å²) < 4.78 is 5.49. The molecule has 4 aromatic carbocycles. The lowest BCUT2D eigenvalue weighted by atomic mass is 9.77. The highest BCUT2D eigenvalue weighted by Gasteiger charge is 2.31. The summed E-state index contributed by atoms with van der Waals surface area (Å²) in [5, 5.41) is 2.95. The average Bonchev–Trinajstić information content (AvgIpc) is 3.60. The van der Waals surface area contributed by atoms with Gasteiger partial charge >= 0.3 is 0 Å². The van der Waals surface area contributed by atoms with Crippen molar-refractivity contribution in [3.63, 3.8) is 0 Å². The number of nitrogens with zero attached hydrogens (tertiary/aromatic N) is 2. The van der Waals surface area contributed by atoms with E-state index in [9.17, 15) is 0 Å². The van der Waals surface area contributed by atoms with Crippen molar-refractivity contribution in [3.05, 3.63) is 96.1 Å². The molecule has 2 aromatic heterocycles. The Balaban J connectivity index is 1.55. The molecule has 3 heteroatoms. The van der Waals surface area contributed by atoms with Gasteiger partial charge in [0.25, 0.3) is 0 Å². The number of imidazole rings is 1. The van der Waals surface area contributed by atoms with Gasteiger partial charge in [0.15, 0.2) is 0 Å². The van der Waals surface area contributed by atoms with E-state index in [1.807, 2.05) is 11.3 Å². The van der Waals surface area contributed by atoms with Crippen molar-refractivity contribution in [3.8, 4) is 17.1 Å². The fourth-order valence-corrected chi connectivity index (χ4v) is 8.90. The Kier molecular flexibility index (Phi) is 6.21. The second-order valence-corrected chi connectivity index (χ2v) is 13.1. The lowest BCUT2D eigenvalue weighted by Gasteiger charge is -2.31. The number of thiophene rings is 1. The predicted molar refractivity (Wildman–Crippen MR) is 171 cm³/mol. The van der Waals surface area contributed by atoms with Gasteiger partial charge in [-0.15, -0.1) is 11.3 Å². The smallest absolute Gasteiger partial charge is 0.145 e. The van der Waals surface area contributed by atoms with Crippen LogP contribution in [-0.4, -0.2) is 9.55 Å². The normalized spacial score (nSPS) is 17.3. The Hall–Kier alpha value is -3.43. The molecule has 8 rings (SSSR count). The molecule has 0 amide bonds. The van der Waals surface area contributed by atoms with Crippen LogP contribution >= 0.6 is 11.3 Å². The second-order valence-electron chi connectivity index (χ2n) is 12.0. The Bertz CT molecular complexity index is 1810. The van der Waals surface area contributed by atoms with Crippen LogP contribution in [0.3, 0.4) is 0 Å². The quantitative estimate of drug-likeness (QED) is 0.217. The summed E-state index contributed by atoms with van der Waals surface area (Å²) >= 11 is 2.00. The van der Waals surface area contributed by atoms with Crippen molar-refractivity contribution in [1.82, 2.24) is 9.55 Å². The molecule has 0 N–H and O–H groups in total. The third-order valence-electron chi connectivity index (χ3n) is 9.58. The van der Waals surface area contributed by atoms with E-state index in [0.29, 0.717) is 11.8 Å². The minimum absolute atomic E-state index is 0.581. The van der Waals surface area contributed by atoms with Crippen LogP contribution in [0.25, 0.3) is 48.3 Å². The Morgan fingerprint density at radius 3 is 2.12 bits per heavy atom. The Labute approximate surface area is 240 Å². The highest BCUT2D eigenvalue weighted by molar-refractivity contribution is 7.25. The summed E-state index contributed by atoms with van der Waals surface area (Å²) in [6.45, 7) is 0. The topological polar surface area (TPSA) is 17.8 Å². The van der Waals surface area contributed by atoms with E-state index in [0.717, 1.165) is 11.3 Å². The number of para-hydroxylation sites is 2. The molecule has 2 heterocycles. The average molecular weight is 541 g/mol. The van der Waals surface area contributed by atoms with Crippen molar-refractivity contribution in [1.29, 1.82) is 0 Å². The SMILES string of the molecule is c1ccc(-c2nc3ccccc3n2-c2c(C3CCCCC3)cc3sc4ccccc4c3c2C2CCCCC2)cc1. The minimum Gasteiger partial charge on any atom is -0.292 e. The molecule has 0 atom stereocenters. The zero-order valence-corrected chi connectivity index (χ0v) is 23.9. The van der Waals surface area contributed by atoms with E-state index in [1.54, 1.807) is 11.1 Å². The first-order chi connectivity index (χ1) is 19.9. The summed E-state index contributed by atoms with van der Waals surface area (Å²) in [6, 6.07) is 31.4. The molecule has 6 aromatic rings. The Morgan fingerprint density at radius 1 is 0.650 bits per heavy atom. The summed E-state index contributed by atoms with van der Waals surface area (Å²) in [5.41, 5.74) is 8.14. The van der Waals surface area contributed by atoms with Crippen LogP contribution in [0.2, 0.25) is 0 Å². The number of hydrogen-bond acceptors (Lipinski definition) is 2. The molecule has 0 aliphatic heterocycles. The highest BCUT2D eigenvalue weighted by Crippen LogP contribution is 2.50. The van der Waals surface area contributed by atoms with Crippen LogP contribution in [0.15, 0.2) is 84.9 Å². The van der Waals surface area contributed by atoms with E-state index in [-0.39, 0.29) is 0 Å². The van der Waals surface area contributed by atoms with Gasteiger partial charge in [-0.05, 0) is 72.9 Å². The molecule has 0 spiro atoms. The van der Waals surface area contributed by atoms with E-state index in [1.165, 1.54) is 101 Å². The minimum atomic E-state index is 0.581. The zero-order valence-electron chi connectivity index (χ0n) is 23.1. The van der Waals surface area contributed by atoms with Crippen molar-refractivity contribution in [2.45, 2.75) is 76.0 Å². The van der Waals surface area contributed by atoms with Gasteiger partial charge in [0, 0.05) is 25.7 Å². The monoisotopic (exact) mass is 540 g/mol. The number of fused-ring (bicyclic) bond motifs is 4. The van der Waals surface area contributed by atoms with Crippen molar-refractivity contribution >= 4 is 42.5 Å². The van der Waals surface area contributed by atoms with Gasteiger partial charge in [-0.25, -0.2) is 4.98 Å². The van der Waals surface area contributed by atoms with Gasteiger partial charge in [-0.3, -0.25) is 4.57 Å². The molecule has 0 radical (unpaired) electrons. The van der Waals surface area contributed by atoms with Crippen LogP contribution < -0.4 is 0 Å². The standard InChI is InChI=1S/C37H36N2S/c1-4-14-25(15-5-1)29-24-33-35(28-20-10-13-23-32(28)40-33)34(26-16-6-2-7-17-26)36(29)39-31-22-12-11-21-30(31)38-37(39)27-18-8-3-9-19-27/h3,8-13,18-26H,1-2,4-7,14-17H2. The van der Waals surface area contributed by atoms with Crippen LogP contribution in [0.4, 0.5) is 0 Å². The number of rotatable bonds is 4. The summed E-state index contributed by atoms with van der Waals surface area (Å²) in [6.07, 6.45) is 13.2. The molecule has 40 heavy (non-hydrogen) atoms. The lowest BCUT2D eigenvalue weighted by molar-refractivity contribution is 0.436. The third kappa shape index (κ3) is 4.01. The van der Waals surface area contributed by atoms with Gasteiger partial charge in [0.1, 0.15) is 5.82 Å². The van der Waals surface area contributed by atoms with Crippen LogP contribution in [-0.2, 0) is 0 Å². The molecule has 2 aliphatic rings. The summed E-state index contributed by atoms with van der Waals surface area (Å²) in [7, 11) is 0. The van der Waals surface area contributed by atoms with Crippen molar-refractivity contribution in [2.24, 2.45) is 0 Å². The molecule has 2 nitrogen and oxygen atoms in total. The van der Waals surface area contributed by atoms with Crippen molar-refractivity contribution < 1.29 is 0 Å². The molecule has 0 saturated heterocycles. The van der Waals surface area contributed by atoms with Gasteiger partial charge < -0.3 is 0 Å². The number of hydrogen-bond donors (Lipinski definition) is 0. The maximum Gasteiger partial charge on any atom is 0.145 e. The largest absolute Gasteiger partial charge is 0.292 e. The molecule has 0 bridgehead atoms. The van der Waals surface area contributed by atoms with Gasteiger partial charge in [-0.1, -0.05) is 99.2 Å². The van der Waals surface area contributed by atoms with Gasteiger partial charge in [0.2, 0.25) is 0 Å². The summed E-state index contributed by atoms with van der Waals surface area (Å²) in [5.74, 6) is 2.26. The predicted octanol–water partition coefficient (Wildman–Crippen LogP) is 11.2. The van der Waals surface area contributed by atoms with Gasteiger partial charge in [-0.2, -0.15) is 0 Å². The lowest BCUT2D eigenvalue weighted by Crippen LogP contribution is -2.15. The molecule has 2 fully saturated rings. The van der Waals surface area contributed by atoms with E-state index >= 15 is 0 Å². The molecular formula is C37H36N2S. The molecule has 0 unspecified atom stereocenters. The fraction of sp³-hybridized carbons (Fsp3) is 0.324. The maximum atomic E-state index is 5.33. The van der Waals surface area contributed by atoms with Crippen LogP contribution in [0.1, 0.15) is 87.2 Å². The molecule has 200 valence electrons. The Morgan fingerprint density at radius 2 is 1.32 bits per heavy atom. The van der Waals surface area contributed by atoms with E-state index < -0.39 is 0 Å². The first-order valence-electron chi connectivity index (χ1n) is 15.4. The molecule has 2 saturated carbocycles. The van der Waals surface area contributed by atoms with Crippen LogP contribution in [0, 0.1) is 0 Å².